The van der Waals surface area contributed by atoms with E-state index in [9.17, 15) is 0 Å². The Labute approximate surface area is 688 Å². The summed E-state index contributed by atoms with van der Waals surface area (Å²) >= 11 is 0. The maximum atomic E-state index is 2.68. The minimum absolute atomic E-state index is 0.118. The smallest absolute Gasteiger partial charge is 0.0541 e. The number of benzene rings is 13. The van der Waals surface area contributed by atoms with Crippen molar-refractivity contribution in [1.82, 2.24) is 4.57 Å². The van der Waals surface area contributed by atoms with Gasteiger partial charge < -0.3 is 14.4 Å². The van der Waals surface area contributed by atoms with E-state index in [2.05, 4.69) is 351 Å². The summed E-state index contributed by atoms with van der Waals surface area (Å²) in [6, 6.07) is 118. The van der Waals surface area contributed by atoms with Crippen LogP contribution in [0.4, 0.5) is 34.1 Å². The van der Waals surface area contributed by atoms with E-state index in [0.717, 1.165) is 59.8 Å². The second-order valence-electron chi connectivity index (χ2n) is 33.5. The molecule has 582 valence electrons. The molecule has 2 aliphatic rings. The number of hydrogen-bond donors (Lipinski definition) is 0. The highest BCUT2D eigenvalue weighted by Gasteiger charge is 2.45. The zero-order chi connectivity index (χ0) is 78.2. The Hall–Kier alpha value is -10.7. The maximum absolute atomic E-state index is 2.68. The van der Waals surface area contributed by atoms with E-state index in [1.54, 1.807) is 0 Å². The first-order chi connectivity index (χ1) is 56.9. The third kappa shape index (κ3) is 16.8. The van der Waals surface area contributed by atoms with Crippen LogP contribution < -0.4 is 9.80 Å². The van der Waals surface area contributed by atoms with Gasteiger partial charge in [0.05, 0.1) is 11.0 Å². The van der Waals surface area contributed by atoms with Gasteiger partial charge in [-0.2, -0.15) is 0 Å². The number of fused-ring (bicyclic) bond motifs is 9. The number of aromatic nitrogens is 1. The molecule has 3 nitrogen and oxygen atoms in total. The van der Waals surface area contributed by atoms with E-state index in [-0.39, 0.29) is 10.8 Å². The van der Waals surface area contributed by atoms with Crippen LogP contribution in [0.15, 0.2) is 309 Å². The van der Waals surface area contributed by atoms with Crippen LogP contribution in [0, 0.1) is 0 Å². The van der Waals surface area contributed by atoms with E-state index in [4.69, 9.17) is 0 Å². The van der Waals surface area contributed by atoms with Gasteiger partial charge in [0.15, 0.2) is 0 Å². The van der Waals surface area contributed by atoms with Crippen molar-refractivity contribution in [3.8, 4) is 72.4 Å². The Morgan fingerprint density at radius 2 is 0.435 bits per heavy atom. The van der Waals surface area contributed by atoms with Gasteiger partial charge >= 0.3 is 0 Å². The molecule has 0 saturated heterocycles. The van der Waals surface area contributed by atoms with Crippen LogP contribution in [0.3, 0.4) is 0 Å². The highest BCUT2D eigenvalue weighted by molar-refractivity contribution is 6.12. The van der Waals surface area contributed by atoms with Crippen molar-refractivity contribution in [2.45, 2.75) is 218 Å². The lowest BCUT2D eigenvalue weighted by Crippen LogP contribution is -2.25. The molecule has 1 aromatic heterocycles. The quantitative estimate of drug-likeness (QED) is 0.0356. The fourth-order valence-corrected chi connectivity index (χ4v) is 19.9. The molecule has 0 aliphatic heterocycles. The van der Waals surface area contributed by atoms with Crippen molar-refractivity contribution >= 4 is 55.9 Å². The van der Waals surface area contributed by atoms with E-state index in [1.165, 1.54) is 271 Å². The summed E-state index contributed by atoms with van der Waals surface area (Å²) in [5.74, 6) is 0. The molecule has 14 aromatic rings. The Balaban J connectivity index is 0.786. The van der Waals surface area contributed by atoms with Gasteiger partial charge in [-0.15, -0.1) is 0 Å². The van der Waals surface area contributed by atoms with Crippen molar-refractivity contribution in [2.75, 3.05) is 9.80 Å². The van der Waals surface area contributed by atoms with Crippen molar-refractivity contribution in [2.24, 2.45) is 0 Å². The average molecular weight is 1510 g/mol. The molecule has 0 radical (unpaired) electrons. The van der Waals surface area contributed by atoms with Crippen LogP contribution in [0.25, 0.3) is 94.3 Å². The van der Waals surface area contributed by atoms with Crippen LogP contribution in [0.1, 0.15) is 230 Å². The summed E-state index contributed by atoms with van der Waals surface area (Å²) in [5.41, 5.74) is 32.4. The molecule has 3 heteroatoms. The molecule has 16 rings (SSSR count). The second kappa shape index (κ2) is 37.2. The van der Waals surface area contributed by atoms with Crippen molar-refractivity contribution in [1.29, 1.82) is 0 Å². The molecule has 1 heterocycles. The van der Waals surface area contributed by atoms with Gasteiger partial charge in [-0.1, -0.05) is 358 Å². The van der Waals surface area contributed by atoms with Crippen molar-refractivity contribution in [3.05, 3.63) is 332 Å². The Bertz CT molecular complexity index is 5050. The minimum atomic E-state index is -0.118. The molecular weight excluding hydrogens is 1390 g/mol. The standard InChI is InChI=1S/C112H119N3/c1-5-9-13-17-21-40-74-111(75-41-22-18-14-10-6-2)105-80-88(84-54-64-97(65-55-84)113(92-44-30-25-31-45-92)93-46-32-26-33-47-93)58-68-99(105)101-70-60-90(82-107(101)111)86-62-72-109-103(78-86)104-79-87(63-73-110(104)115(109)96-52-38-29-39-53-96)91-61-71-102-100-69-59-89(85-56-66-98(67-57-85)114(94-48-34-27-35-49-94)95-50-36-28-37-51-95)81-106(100)112(108(102)83-91,76-42-23-19-15-11-7-3)77-43-24-20-16-12-8-4/h25-39,44-73,78-83H,5-24,40-43,74-77H2,1-4H3. The van der Waals surface area contributed by atoms with Gasteiger partial charge in [0.25, 0.3) is 0 Å². The zero-order valence-electron chi connectivity index (χ0n) is 69.1. The SMILES string of the molecule is CCCCCCCCC1(CCCCCCCC)c2cc(-c3ccc(N(c4ccccc4)c4ccccc4)cc3)ccc2-c2ccc(-c3ccc4c(c3)c3cc(-c5ccc6c(c5)C(CCCCCCCC)(CCCCCCCC)c5cc(-c7ccc(N(c8ccccc8)c8ccccc8)cc7)ccc5-6)ccc3n4-c3ccccc3)cc21. The lowest BCUT2D eigenvalue weighted by atomic mass is 9.70. The van der Waals surface area contributed by atoms with Crippen LogP contribution in [0.2, 0.25) is 0 Å². The molecule has 0 saturated carbocycles. The summed E-state index contributed by atoms with van der Waals surface area (Å²) < 4.78 is 2.52. The predicted molar refractivity (Wildman–Crippen MR) is 496 cm³/mol. The topological polar surface area (TPSA) is 11.4 Å². The van der Waals surface area contributed by atoms with Crippen LogP contribution in [-0.2, 0) is 10.8 Å². The fraction of sp³-hybridized carbons (Fsp3) is 0.304. The summed E-state index contributed by atoms with van der Waals surface area (Å²) in [5, 5.41) is 2.59. The van der Waals surface area contributed by atoms with Crippen LogP contribution >= 0.6 is 0 Å². The molecule has 0 N–H and O–H groups in total. The molecule has 0 bridgehead atoms. The molecule has 0 atom stereocenters. The molecule has 0 unspecified atom stereocenters. The van der Waals surface area contributed by atoms with Crippen LogP contribution in [0.5, 0.6) is 0 Å². The Morgan fingerprint density at radius 1 is 0.209 bits per heavy atom. The van der Waals surface area contributed by atoms with Crippen molar-refractivity contribution < 1.29 is 0 Å². The zero-order valence-corrected chi connectivity index (χ0v) is 69.1. The fourth-order valence-electron chi connectivity index (χ4n) is 19.9. The van der Waals surface area contributed by atoms with Gasteiger partial charge in [0.2, 0.25) is 0 Å². The van der Waals surface area contributed by atoms with E-state index >= 15 is 0 Å². The molecule has 0 amide bonds. The normalized spacial score (nSPS) is 12.9. The van der Waals surface area contributed by atoms with E-state index < -0.39 is 0 Å². The monoisotopic (exact) mass is 1510 g/mol. The minimum Gasteiger partial charge on any atom is -0.311 e. The highest BCUT2D eigenvalue weighted by Crippen LogP contribution is 2.59. The number of nitrogens with zero attached hydrogens (tertiary/aromatic N) is 3. The van der Waals surface area contributed by atoms with Gasteiger partial charge in [-0.3, -0.25) is 0 Å². The van der Waals surface area contributed by atoms with E-state index in [0.29, 0.717) is 0 Å². The van der Waals surface area contributed by atoms with Gasteiger partial charge in [0, 0.05) is 61.4 Å². The van der Waals surface area contributed by atoms with Crippen LogP contribution in [-0.4, -0.2) is 4.57 Å². The van der Waals surface area contributed by atoms with Crippen molar-refractivity contribution in [3.63, 3.8) is 0 Å². The third-order valence-corrected chi connectivity index (χ3v) is 26.0. The first-order valence-electron chi connectivity index (χ1n) is 44.6. The lowest BCUT2D eigenvalue weighted by molar-refractivity contribution is 0.398. The summed E-state index contributed by atoms with van der Waals surface area (Å²) in [6.07, 6.45) is 35.4. The number of anilines is 6. The van der Waals surface area contributed by atoms with Gasteiger partial charge in [-0.05, 0) is 248 Å². The predicted octanol–water partition coefficient (Wildman–Crippen LogP) is 33.9. The molecule has 0 fully saturated rings. The number of rotatable bonds is 39. The number of para-hydroxylation sites is 5. The Morgan fingerprint density at radius 3 is 0.722 bits per heavy atom. The van der Waals surface area contributed by atoms with Gasteiger partial charge in [0.1, 0.15) is 0 Å². The summed E-state index contributed by atoms with van der Waals surface area (Å²) in [7, 11) is 0. The summed E-state index contributed by atoms with van der Waals surface area (Å²) in [6.45, 7) is 9.38. The van der Waals surface area contributed by atoms with Gasteiger partial charge in [-0.25, -0.2) is 0 Å². The largest absolute Gasteiger partial charge is 0.311 e. The maximum Gasteiger partial charge on any atom is 0.0541 e. The molecule has 115 heavy (non-hydrogen) atoms. The molecule has 0 spiro atoms. The molecular formula is C112H119N3. The van der Waals surface area contributed by atoms with E-state index in [1.807, 2.05) is 0 Å². The first kappa shape index (κ1) is 78.2. The summed E-state index contributed by atoms with van der Waals surface area (Å²) in [4.78, 5) is 4.74. The number of unbranched alkanes of at least 4 members (excludes halogenated alkanes) is 20. The second-order valence-corrected chi connectivity index (χ2v) is 33.5. The highest BCUT2D eigenvalue weighted by atomic mass is 15.1. The lowest BCUT2D eigenvalue weighted by Gasteiger charge is -2.33. The first-order valence-corrected chi connectivity index (χ1v) is 44.6. The third-order valence-electron chi connectivity index (χ3n) is 26.0. The number of hydrogen-bond acceptors (Lipinski definition) is 2. The Kier molecular flexibility index (Phi) is 25.3. The molecule has 13 aromatic carbocycles. The average Bonchev–Trinajstić information content (AvgIpc) is 1.57. The molecule has 2 aliphatic carbocycles.